The van der Waals surface area contributed by atoms with E-state index < -0.39 is 33.7 Å². The molecule has 3 N–H and O–H groups in total. The molecule has 0 heterocycles. The highest BCUT2D eigenvalue weighted by molar-refractivity contribution is 7.87. The van der Waals surface area contributed by atoms with Crippen LogP contribution in [0.4, 0.5) is 0 Å². The van der Waals surface area contributed by atoms with Crippen molar-refractivity contribution in [3.63, 3.8) is 0 Å². The molecule has 1 amide bonds. The van der Waals surface area contributed by atoms with Gasteiger partial charge in [0, 0.05) is 6.42 Å². The molecule has 156 valence electrons. The van der Waals surface area contributed by atoms with Crippen molar-refractivity contribution < 1.29 is 37.2 Å². The van der Waals surface area contributed by atoms with Gasteiger partial charge < -0.3 is 15.2 Å². The smallest absolute Gasteiger partial charge is 0.327 e. The van der Waals surface area contributed by atoms with Crippen molar-refractivity contribution in [2.24, 2.45) is 0 Å². The molecule has 0 saturated carbocycles. The van der Waals surface area contributed by atoms with E-state index in [1.54, 1.807) is 0 Å². The van der Waals surface area contributed by atoms with Crippen molar-refractivity contribution in [2.45, 2.75) is 63.0 Å². The third-order valence-corrected chi connectivity index (χ3v) is 4.79. The van der Waals surface area contributed by atoms with Crippen molar-refractivity contribution in [1.29, 1.82) is 0 Å². The van der Waals surface area contributed by atoms with Gasteiger partial charge in [0.05, 0.1) is 13.0 Å². The normalized spacial score (nSPS) is 12.2. The van der Waals surface area contributed by atoms with Crippen LogP contribution in [0.25, 0.3) is 0 Å². The molecule has 0 rings (SSSR count). The molecule has 0 aliphatic heterocycles. The van der Waals surface area contributed by atoms with Crippen LogP contribution in [0.5, 0.6) is 0 Å². The Morgan fingerprint density at radius 3 is 2.22 bits per heavy atom. The maximum Gasteiger partial charge on any atom is 0.327 e. The first-order valence-corrected chi connectivity index (χ1v) is 10.4. The minimum atomic E-state index is -4.89. The summed E-state index contributed by atoms with van der Waals surface area (Å²) in [6.45, 7) is 3.31. The Hall–Kier alpha value is -1.94. The molecule has 0 aliphatic carbocycles. The van der Waals surface area contributed by atoms with Crippen molar-refractivity contribution in [1.82, 2.24) is 5.32 Å². The molecule has 0 aromatic rings. The van der Waals surface area contributed by atoms with Crippen LogP contribution in [0.3, 0.4) is 0 Å². The number of carbonyl (C=O) groups is 3. The molecule has 0 aromatic carbocycles. The molecule has 0 saturated heterocycles. The number of amides is 1. The van der Waals surface area contributed by atoms with E-state index in [9.17, 15) is 22.8 Å². The van der Waals surface area contributed by atoms with E-state index in [1.165, 1.54) is 0 Å². The number of esters is 1. The molecule has 1 atom stereocenters. The molecule has 10 heteroatoms. The van der Waals surface area contributed by atoms with Gasteiger partial charge >= 0.3 is 11.9 Å². The van der Waals surface area contributed by atoms with Gasteiger partial charge in [-0.25, -0.2) is 0 Å². The van der Waals surface area contributed by atoms with Crippen LogP contribution in [0, 0.1) is 0 Å². The van der Waals surface area contributed by atoms with E-state index in [-0.39, 0.29) is 19.1 Å². The maximum atomic E-state index is 11.6. The second kappa shape index (κ2) is 14.2. The number of unbranched alkanes of at least 4 members (excludes halogenated alkanes) is 6. The van der Waals surface area contributed by atoms with Crippen LogP contribution >= 0.6 is 0 Å². The van der Waals surface area contributed by atoms with Crippen LogP contribution < -0.4 is 5.32 Å². The quantitative estimate of drug-likeness (QED) is 0.151. The summed E-state index contributed by atoms with van der Waals surface area (Å²) < 4.78 is 35.5. The summed E-state index contributed by atoms with van der Waals surface area (Å²) in [5, 5.41) is 8.91. The Kier molecular flexibility index (Phi) is 13.1. The Morgan fingerprint density at radius 2 is 1.67 bits per heavy atom. The molecule has 0 aliphatic rings. The number of hydrogen-bond donors (Lipinski definition) is 3. The summed E-state index contributed by atoms with van der Waals surface area (Å²) in [6, 6.07) is 0. The maximum absolute atomic E-state index is 11.6. The van der Waals surface area contributed by atoms with Gasteiger partial charge in [-0.2, -0.15) is 8.42 Å². The second-order valence-corrected chi connectivity index (χ2v) is 7.67. The highest BCUT2D eigenvalue weighted by Crippen LogP contribution is 2.09. The van der Waals surface area contributed by atoms with Gasteiger partial charge in [-0.3, -0.25) is 18.9 Å². The summed E-state index contributed by atoms with van der Waals surface area (Å²) in [6.07, 6.45) is 8.32. The molecule has 0 spiro atoms. The number of carboxylic acids is 1. The summed E-state index contributed by atoms with van der Waals surface area (Å²) in [4.78, 5) is 33.7. The number of aliphatic carboxylic acids is 1. The molecule has 1 unspecified atom stereocenters. The van der Waals surface area contributed by atoms with Crippen molar-refractivity contribution in [2.75, 3.05) is 13.2 Å². The number of carboxylic acid groups (broad SMARTS) is 1. The van der Waals surface area contributed by atoms with Gasteiger partial charge in [0.25, 0.3) is 10.1 Å². The minimum absolute atomic E-state index is 0.0304. The van der Waals surface area contributed by atoms with Gasteiger partial charge in [-0.05, 0) is 19.3 Å². The first-order chi connectivity index (χ1) is 12.7. The highest BCUT2D eigenvalue weighted by Gasteiger charge is 2.34. The molecular weight excluding hydrogens is 378 g/mol. The number of nitrogens with one attached hydrogen (secondary N) is 1. The van der Waals surface area contributed by atoms with Crippen molar-refractivity contribution in [3.05, 3.63) is 12.7 Å². The van der Waals surface area contributed by atoms with E-state index in [4.69, 9.17) is 9.66 Å². The zero-order chi connectivity index (χ0) is 20.7. The highest BCUT2D eigenvalue weighted by atomic mass is 32.2. The largest absolute Gasteiger partial charge is 0.481 e. The Morgan fingerprint density at radius 1 is 1.07 bits per heavy atom. The lowest BCUT2D eigenvalue weighted by Crippen LogP contribution is -2.36. The van der Waals surface area contributed by atoms with Gasteiger partial charge in [0.2, 0.25) is 5.91 Å². The number of ether oxygens (including phenoxy) is 1. The number of carbonyl (C=O) groups excluding carboxylic acids is 2. The molecule has 0 bridgehead atoms. The summed E-state index contributed by atoms with van der Waals surface area (Å²) >= 11 is 0. The topological polar surface area (TPSA) is 147 Å². The predicted molar refractivity (Wildman–Crippen MR) is 98.7 cm³/mol. The van der Waals surface area contributed by atoms with E-state index in [1.807, 2.05) is 6.08 Å². The zero-order valence-corrected chi connectivity index (χ0v) is 16.2. The van der Waals surface area contributed by atoms with E-state index in [2.05, 4.69) is 16.6 Å². The van der Waals surface area contributed by atoms with Crippen molar-refractivity contribution in [3.8, 4) is 0 Å². The van der Waals surface area contributed by atoms with Gasteiger partial charge in [0.15, 0.2) is 5.25 Å². The van der Waals surface area contributed by atoms with Crippen LogP contribution in [-0.2, 0) is 29.2 Å². The molecule has 27 heavy (non-hydrogen) atoms. The standard InChI is InChI=1S/C17H29NO8S/c1-2-3-4-5-6-7-8-9-10-15(19)18-11-12-26-17(22)14(13-16(20)21)27(23,24)25/h2,14H,1,3-13H2,(H,18,19)(H,20,21)(H,23,24,25). The average Bonchev–Trinajstić information content (AvgIpc) is 2.57. The zero-order valence-electron chi connectivity index (χ0n) is 15.4. The first-order valence-electron chi connectivity index (χ1n) is 8.90. The third kappa shape index (κ3) is 13.9. The molecule has 0 fully saturated rings. The van der Waals surface area contributed by atoms with Gasteiger partial charge in [-0.15, -0.1) is 6.58 Å². The molecule has 9 nitrogen and oxygen atoms in total. The molecule has 0 radical (unpaired) electrons. The number of allylic oxidation sites excluding steroid dienone is 1. The van der Waals surface area contributed by atoms with Crippen LogP contribution in [0.15, 0.2) is 12.7 Å². The lowest BCUT2D eigenvalue weighted by molar-refractivity contribution is -0.147. The van der Waals surface area contributed by atoms with Gasteiger partial charge in [-0.1, -0.05) is 31.8 Å². The Bertz CT molecular complexity index is 588. The molecular formula is C17H29NO8S. The Balaban J connectivity index is 3.86. The van der Waals surface area contributed by atoms with Crippen LogP contribution in [0.2, 0.25) is 0 Å². The predicted octanol–water partition coefficient (Wildman–Crippen LogP) is 1.68. The van der Waals surface area contributed by atoms with E-state index in [0.717, 1.165) is 44.9 Å². The SMILES string of the molecule is C=CCCCCCCCCC(=O)NCCOC(=O)C(CC(=O)O)S(=O)(=O)O. The minimum Gasteiger partial charge on any atom is -0.481 e. The summed E-state index contributed by atoms with van der Waals surface area (Å²) in [7, 11) is -4.89. The average molecular weight is 407 g/mol. The van der Waals surface area contributed by atoms with E-state index >= 15 is 0 Å². The van der Waals surface area contributed by atoms with E-state index in [0.29, 0.717) is 6.42 Å². The number of rotatable bonds is 16. The van der Waals surface area contributed by atoms with Crippen molar-refractivity contribution >= 4 is 28.0 Å². The fourth-order valence-electron chi connectivity index (χ4n) is 2.27. The first kappa shape index (κ1) is 25.1. The van der Waals surface area contributed by atoms with Crippen LogP contribution in [0.1, 0.15) is 57.8 Å². The third-order valence-electron chi connectivity index (χ3n) is 3.71. The summed E-state index contributed by atoms with van der Waals surface area (Å²) in [5.41, 5.74) is 0. The van der Waals surface area contributed by atoms with Crippen LogP contribution in [-0.4, -0.2) is 54.3 Å². The number of hydrogen-bond acceptors (Lipinski definition) is 6. The Labute approximate surface area is 159 Å². The molecule has 0 aromatic heterocycles. The second-order valence-electron chi connectivity index (χ2n) is 6.07. The lowest BCUT2D eigenvalue weighted by Gasteiger charge is -2.12. The fraction of sp³-hybridized carbons (Fsp3) is 0.706. The fourth-order valence-corrected chi connectivity index (χ4v) is 2.94. The lowest BCUT2D eigenvalue weighted by atomic mass is 10.1. The summed E-state index contributed by atoms with van der Waals surface area (Å²) in [5.74, 6) is -3.15. The monoisotopic (exact) mass is 407 g/mol. The van der Waals surface area contributed by atoms with Gasteiger partial charge in [0.1, 0.15) is 6.61 Å².